The highest BCUT2D eigenvalue weighted by atomic mass is 35.5. The fourth-order valence-electron chi connectivity index (χ4n) is 1.66. The molecule has 0 bridgehead atoms. The molecule has 0 aliphatic heterocycles. The SMILES string of the molecule is NCc1cccc(F)c1OCc1ccc(F)c(Cl)c1. The molecule has 0 unspecified atom stereocenters. The molecular weight excluding hydrogens is 272 g/mol. The summed E-state index contributed by atoms with van der Waals surface area (Å²) in [6.07, 6.45) is 0. The second-order valence-electron chi connectivity index (χ2n) is 3.97. The van der Waals surface area contributed by atoms with E-state index in [1.165, 1.54) is 24.3 Å². The van der Waals surface area contributed by atoms with Crippen LogP contribution in [0.1, 0.15) is 11.1 Å². The van der Waals surface area contributed by atoms with Crippen LogP contribution in [0, 0.1) is 11.6 Å². The molecule has 0 fully saturated rings. The number of halogens is 3. The first-order valence-electron chi connectivity index (χ1n) is 5.66. The predicted octanol–water partition coefficient (Wildman–Crippen LogP) is 3.66. The highest BCUT2D eigenvalue weighted by Gasteiger charge is 2.09. The van der Waals surface area contributed by atoms with Gasteiger partial charge in [-0.3, -0.25) is 0 Å². The van der Waals surface area contributed by atoms with Gasteiger partial charge in [0.25, 0.3) is 0 Å². The average molecular weight is 284 g/mol. The van der Waals surface area contributed by atoms with Crippen molar-refractivity contribution in [2.75, 3.05) is 0 Å². The Morgan fingerprint density at radius 3 is 2.58 bits per heavy atom. The molecule has 0 atom stereocenters. The van der Waals surface area contributed by atoms with Gasteiger partial charge in [-0.2, -0.15) is 0 Å². The molecule has 0 heterocycles. The van der Waals surface area contributed by atoms with E-state index < -0.39 is 11.6 Å². The Labute approximate surface area is 114 Å². The van der Waals surface area contributed by atoms with Gasteiger partial charge < -0.3 is 10.5 Å². The molecule has 0 amide bonds. The maximum Gasteiger partial charge on any atom is 0.165 e. The first kappa shape index (κ1) is 13.8. The Morgan fingerprint density at radius 1 is 1.11 bits per heavy atom. The minimum absolute atomic E-state index is 0.00804. The van der Waals surface area contributed by atoms with Gasteiger partial charge in [0.1, 0.15) is 12.4 Å². The van der Waals surface area contributed by atoms with Gasteiger partial charge >= 0.3 is 0 Å². The molecule has 2 rings (SSSR count). The van der Waals surface area contributed by atoms with Crippen molar-refractivity contribution in [1.29, 1.82) is 0 Å². The lowest BCUT2D eigenvalue weighted by atomic mass is 10.2. The number of benzene rings is 2. The van der Waals surface area contributed by atoms with Crippen molar-refractivity contribution in [3.05, 3.63) is 64.2 Å². The van der Waals surface area contributed by atoms with Crippen molar-refractivity contribution in [2.24, 2.45) is 5.73 Å². The average Bonchev–Trinajstić information content (AvgIpc) is 2.41. The van der Waals surface area contributed by atoms with E-state index in [0.717, 1.165) is 0 Å². The molecule has 2 nitrogen and oxygen atoms in total. The van der Waals surface area contributed by atoms with Gasteiger partial charge in [-0.25, -0.2) is 8.78 Å². The van der Waals surface area contributed by atoms with Crippen LogP contribution in [0.4, 0.5) is 8.78 Å². The summed E-state index contributed by atoms with van der Waals surface area (Å²) in [5.74, 6) is -0.861. The summed E-state index contributed by atoms with van der Waals surface area (Å²) in [6.45, 7) is 0.269. The topological polar surface area (TPSA) is 35.2 Å². The number of hydrogen-bond acceptors (Lipinski definition) is 2. The zero-order valence-corrected chi connectivity index (χ0v) is 10.8. The summed E-state index contributed by atoms with van der Waals surface area (Å²) in [5, 5.41) is 0.00804. The number of ether oxygens (including phenoxy) is 1. The Hall–Kier alpha value is -1.65. The van der Waals surface area contributed by atoms with Gasteiger partial charge in [-0.05, 0) is 23.8 Å². The van der Waals surface area contributed by atoms with Crippen molar-refractivity contribution >= 4 is 11.6 Å². The van der Waals surface area contributed by atoms with Crippen molar-refractivity contribution in [1.82, 2.24) is 0 Å². The summed E-state index contributed by atoms with van der Waals surface area (Å²) in [6, 6.07) is 8.78. The van der Waals surface area contributed by atoms with Gasteiger partial charge in [0.2, 0.25) is 0 Å². The molecule has 2 aromatic rings. The molecule has 5 heteroatoms. The maximum absolute atomic E-state index is 13.6. The van der Waals surface area contributed by atoms with Gasteiger partial charge in [0.05, 0.1) is 5.02 Å². The van der Waals surface area contributed by atoms with Crippen LogP contribution in [0.25, 0.3) is 0 Å². The fraction of sp³-hybridized carbons (Fsp3) is 0.143. The van der Waals surface area contributed by atoms with E-state index in [-0.39, 0.29) is 23.9 Å². The van der Waals surface area contributed by atoms with Crippen LogP contribution < -0.4 is 10.5 Å². The summed E-state index contributed by atoms with van der Waals surface area (Å²) in [7, 11) is 0. The molecule has 100 valence electrons. The Morgan fingerprint density at radius 2 is 1.89 bits per heavy atom. The molecule has 2 aromatic carbocycles. The highest BCUT2D eigenvalue weighted by molar-refractivity contribution is 6.30. The third-order valence-corrected chi connectivity index (χ3v) is 2.93. The smallest absolute Gasteiger partial charge is 0.165 e. The number of nitrogens with two attached hydrogens (primary N) is 1. The number of rotatable bonds is 4. The molecule has 0 spiro atoms. The van der Waals surface area contributed by atoms with Gasteiger partial charge in [0, 0.05) is 12.1 Å². The Kier molecular flexibility index (Phi) is 4.35. The van der Waals surface area contributed by atoms with Gasteiger partial charge in [-0.1, -0.05) is 29.8 Å². The molecule has 2 N–H and O–H groups in total. The molecular formula is C14H12ClF2NO. The van der Waals surface area contributed by atoms with Crippen molar-refractivity contribution in [3.63, 3.8) is 0 Å². The van der Waals surface area contributed by atoms with E-state index in [4.69, 9.17) is 22.1 Å². The minimum atomic E-state index is -0.501. The molecule has 0 radical (unpaired) electrons. The van der Waals surface area contributed by atoms with E-state index >= 15 is 0 Å². The standard InChI is InChI=1S/C14H12ClF2NO/c15-11-6-9(4-5-12(11)16)8-19-14-10(7-18)2-1-3-13(14)17/h1-6H,7-8,18H2. The van der Waals surface area contributed by atoms with Crippen LogP contribution in [-0.4, -0.2) is 0 Å². The van der Waals surface area contributed by atoms with E-state index in [0.29, 0.717) is 11.1 Å². The molecule has 0 saturated carbocycles. The number of para-hydroxylation sites is 1. The summed E-state index contributed by atoms with van der Waals surface area (Å²) >= 11 is 5.66. The predicted molar refractivity (Wildman–Crippen MR) is 70.0 cm³/mol. The molecule has 0 aliphatic carbocycles. The number of hydrogen-bond donors (Lipinski definition) is 1. The molecule has 0 aliphatic rings. The summed E-state index contributed by atoms with van der Waals surface area (Å²) in [4.78, 5) is 0. The van der Waals surface area contributed by atoms with Crippen molar-refractivity contribution < 1.29 is 13.5 Å². The van der Waals surface area contributed by atoms with Crippen LogP contribution in [0.5, 0.6) is 5.75 Å². The highest BCUT2D eigenvalue weighted by Crippen LogP contribution is 2.24. The van der Waals surface area contributed by atoms with E-state index in [9.17, 15) is 8.78 Å². The molecule has 0 aromatic heterocycles. The zero-order chi connectivity index (χ0) is 13.8. The Bertz CT molecular complexity index is 590. The molecule has 0 saturated heterocycles. The van der Waals surface area contributed by atoms with Gasteiger partial charge in [-0.15, -0.1) is 0 Å². The van der Waals surface area contributed by atoms with Crippen LogP contribution in [0.3, 0.4) is 0 Å². The quantitative estimate of drug-likeness (QED) is 0.929. The van der Waals surface area contributed by atoms with E-state index in [2.05, 4.69) is 0 Å². The van der Waals surface area contributed by atoms with Crippen LogP contribution in [-0.2, 0) is 13.2 Å². The largest absolute Gasteiger partial charge is 0.485 e. The van der Waals surface area contributed by atoms with Crippen LogP contribution in [0.15, 0.2) is 36.4 Å². The van der Waals surface area contributed by atoms with E-state index in [1.54, 1.807) is 12.1 Å². The minimum Gasteiger partial charge on any atom is -0.485 e. The first-order chi connectivity index (χ1) is 9.11. The van der Waals surface area contributed by atoms with Crippen LogP contribution >= 0.6 is 11.6 Å². The second kappa shape index (κ2) is 5.99. The first-order valence-corrected chi connectivity index (χ1v) is 6.04. The zero-order valence-electron chi connectivity index (χ0n) is 10.00. The van der Waals surface area contributed by atoms with Crippen molar-refractivity contribution in [3.8, 4) is 5.75 Å². The monoisotopic (exact) mass is 283 g/mol. The Balaban J connectivity index is 2.16. The third kappa shape index (κ3) is 3.22. The fourth-order valence-corrected chi connectivity index (χ4v) is 1.86. The van der Waals surface area contributed by atoms with Gasteiger partial charge in [0.15, 0.2) is 11.6 Å². The molecule has 19 heavy (non-hydrogen) atoms. The maximum atomic E-state index is 13.6. The summed E-state index contributed by atoms with van der Waals surface area (Å²) < 4.78 is 32.0. The van der Waals surface area contributed by atoms with Crippen LogP contribution in [0.2, 0.25) is 5.02 Å². The second-order valence-corrected chi connectivity index (χ2v) is 4.38. The third-order valence-electron chi connectivity index (χ3n) is 2.64. The lowest BCUT2D eigenvalue weighted by Gasteiger charge is -2.11. The summed E-state index contributed by atoms with van der Waals surface area (Å²) in [5.41, 5.74) is 6.74. The lowest BCUT2D eigenvalue weighted by molar-refractivity contribution is 0.287. The van der Waals surface area contributed by atoms with E-state index in [1.807, 2.05) is 0 Å². The van der Waals surface area contributed by atoms with Crippen molar-refractivity contribution in [2.45, 2.75) is 13.2 Å². The lowest BCUT2D eigenvalue weighted by Crippen LogP contribution is -2.04. The normalized spacial score (nSPS) is 10.5.